The van der Waals surface area contributed by atoms with Gasteiger partial charge < -0.3 is 4.90 Å². The maximum atomic E-state index is 13.0. The lowest BCUT2D eigenvalue weighted by molar-refractivity contribution is -0.133. The van der Waals surface area contributed by atoms with Crippen molar-refractivity contribution in [1.29, 1.82) is 0 Å². The van der Waals surface area contributed by atoms with E-state index in [2.05, 4.69) is 11.0 Å². The molecule has 2 aliphatic rings. The first-order valence-corrected chi connectivity index (χ1v) is 12.0. The van der Waals surface area contributed by atoms with Crippen molar-refractivity contribution in [2.45, 2.75) is 38.3 Å². The Hall–Kier alpha value is -2.22. The lowest BCUT2D eigenvalue weighted by atomic mass is 10.2. The van der Waals surface area contributed by atoms with E-state index < -0.39 is 0 Å². The summed E-state index contributed by atoms with van der Waals surface area (Å²) in [4.78, 5) is 36.2. The Kier molecular flexibility index (Phi) is 5.82. The summed E-state index contributed by atoms with van der Waals surface area (Å²) in [5.41, 5.74) is 0.743. The van der Waals surface area contributed by atoms with Crippen LogP contribution in [0.15, 0.2) is 41.2 Å². The molecule has 1 amide bonds. The van der Waals surface area contributed by atoms with Crippen LogP contribution >= 0.6 is 22.9 Å². The lowest BCUT2D eigenvalue weighted by Gasteiger charge is -2.34. The summed E-state index contributed by atoms with van der Waals surface area (Å²) in [7, 11) is 0. The van der Waals surface area contributed by atoms with E-state index in [9.17, 15) is 9.59 Å². The Morgan fingerprint density at radius 3 is 2.58 bits per heavy atom. The first-order chi connectivity index (χ1) is 15.1. The third-order valence-corrected chi connectivity index (χ3v) is 7.30. The molecular formula is C23H25ClN4O2S. The molecule has 2 fully saturated rings. The van der Waals surface area contributed by atoms with Crippen LogP contribution in [0, 0.1) is 0 Å². The van der Waals surface area contributed by atoms with E-state index >= 15 is 0 Å². The highest BCUT2D eigenvalue weighted by Crippen LogP contribution is 2.35. The van der Waals surface area contributed by atoms with Gasteiger partial charge in [-0.2, -0.15) is 0 Å². The highest BCUT2D eigenvalue weighted by molar-refractivity contribution is 7.16. The Morgan fingerprint density at radius 1 is 1.10 bits per heavy atom. The van der Waals surface area contributed by atoms with Gasteiger partial charge in [0.05, 0.1) is 15.2 Å². The van der Waals surface area contributed by atoms with E-state index in [-0.39, 0.29) is 17.5 Å². The number of benzene rings is 1. The molecular weight excluding hydrogens is 432 g/mol. The van der Waals surface area contributed by atoms with Crippen molar-refractivity contribution in [2.24, 2.45) is 0 Å². The van der Waals surface area contributed by atoms with Gasteiger partial charge in [-0.3, -0.25) is 19.1 Å². The van der Waals surface area contributed by atoms with Crippen LogP contribution in [0.2, 0.25) is 4.34 Å². The molecule has 6 nitrogen and oxygen atoms in total. The fourth-order valence-electron chi connectivity index (χ4n) is 4.27. The highest BCUT2D eigenvalue weighted by atomic mass is 35.5. The maximum Gasteiger partial charge on any atom is 0.261 e. The molecule has 2 aromatic heterocycles. The van der Waals surface area contributed by atoms with E-state index in [0.29, 0.717) is 23.7 Å². The molecule has 0 radical (unpaired) electrons. The minimum absolute atomic E-state index is 0.0258. The van der Waals surface area contributed by atoms with Crippen molar-refractivity contribution in [1.82, 2.24) is 19.4 Å². The van der Waals surface area contributed by atoms with Gasteiger partial charge in [0.15, 0.2) is 0 Å². The number of hydrogen-bond donors (Lipinski definition) is 0. The van der Waals surface area contributed by atoms with E-state index in [4.69, 9.17) is 16.6 Å². The molecule has 31 heavy (non-hydrogen) atoms. The number of nitrogens with zero attached hydrogens (tertiary/aromatic N) is 4. The van der Waals surface area contributed by atoms with Gasteiger partial charge in [0.25, 0.3) is 5.56 Å². The number of halogens is 1. The second-order valence-electron chi connectivity index (χ2n) is 8.31. The van der Waals surface area contributed by atoms with Gasteiger partial charge in [-0.15, -0.1) is 11.3 Å². The number of aryl methyl sites for hydroxylation is 1. The maximum absolute atomic E-state index is 13.0. The molecule has 3 aromatic rings. The summed E-state index contributed by atoms with van der Waals surface area (Å²) in [5, 5.41) is 0.660. The van der Waals surface area contributed by atoms with Gasteiger partial charge in [0.1, 0.15) is 5.82 Å². The summed E-state index contributed by atoms with van der Waals surface area (Å²) >= 11 is 7.64. The van der Waals surface area contributed by atoms with Crippen molar-refractivity contribution in [3.05, 3.63) is 61.8 Å². The Morgan fingerprint density at radius 2 is 1.87 bits per heavy atom. The lowest BCUT2D eigenvalue weighted by Crippen LogP contribution is -2.48. The molecule has 3 heterocycles. The first-order valence-electron chi connectivity index (χ1n) is 10.8. The molecule has 5 rings (SSSR count). The molecule has 0 atom stereocenters. The molecule has 0 unspecified atom stereocenters. The van der Waals surface area contributed by atoms with Gasteiger partial charge in [-0.1, -0.05) is 23.7 Å². The predicted octanol–water partition coefficient (Wildman–Crippen LogP) is 3.72. The number of amides is 1. The Bertz CT molecular complexity index is 1160. The Labute approximate surface area is 190 Å². The quantitative estimate of drug-likeness (QED) is 0.567. The van der Waals surface area contributed by atoms with Crippen LogP contribution in [0.3, 0.4) is 0 Å². The summed E-state index contributed by atoms with van der Waals surface area (Å²) in [6.07, 6.45) is 2.91. The van der Waals surface area contributed by atoms with Crippen LogP contribution in [0.5, 0.6) is 0 Å². The van der Waals surface area contributed by atoms with E-state index in [1.165, 1.54) is 4.88 Å². The van der Waals surface area contributed by atoms with Crippen molar-refractivity contribution >= 4 is 39.7 Å². The average Bonchev–Trinajstić information content (AvgIpc) is 3.53. The fourth-order valence-corrected chi connectivity index (χ4v) is 5.40. The number of carbonyl (C=O) groups is 1. The summed E-state index contributed by atoms with van der Waals surface area (Å²) in [6.45, 7) is 4.08. The van der Waals surface area contributed by atoms with E-state index in [0.717, 1.165) is 55.7 Å². The van der Waals surface area contributed by atoms with Crippen molar-refractivity contribution < 1.29 is 4.79 Å². The van der Waals surface area contributed by atoms with Crippen molar-refractivity contribution in [3.63, 3.8) is 0 Å². The van der Waals surface area contributed by atoms with Gasteiger partial charge in [-0.05, 0) is 37.1 Å². The molecule has 1 aromatic carbocycles. The van der Waals surface area contributed by atoms with Gasteiger partial charge in [-0.25, -0.2) is 4.98 Å². The summed E-state index contributed by atoms with van der Waals surface area (Å²) in [6, 6.07) is 11.7. The number of para-hydroxylation sites is 1. The highest BCUT2D eigenvalue weighted by Gasteiger charge is 2.29. The SMILES string of the molecule is O=C(CCc1nc2ccccc2c(=O)n1C1CC1)N1CCN(Cc2ccc(Cl)s2)CC1. The minimum atomic E-state index is 0.0258. The van der Waals surface area contributed by atoms with Crippen LogP contribution in [0.1, 0.15) is 36.0 Å². The molecule has 1 saturated carbocycles. The molecule has 1 saturated heterocycles. The van der Waals surface area contributed by atoms with E-state index in [1.807, 2.05) is 39.8 Å². The number of rotatable bonds is 6. The molecule has 162 valence electrons. The molecule has 0 bridgehead atoms. The summed E-state index contributed by atoms with van der Waals surface area (Å²) in [5.74, 6) is 0.885. The zero-order valence-corrected chi connectivity index (χ0v) is 18.9. The zero-order chi connectivity index (χ0) is 21.4. The molecule has 8 heteroatoms. The summed E-state index contributed by atoms with van der Waals surface area (Å²) < 4.78 is 2.65. The second kappa shape index (κ2) is 8.73. The smallest absolute Gasteiger partial charge is 0.261 e. The molecule has 1 aliphatic heterocycles. The number of carbonyl (C=O) groups excluding carboxylic acids is 1. The van der Waals surface area contributed by atoms with Gasteiger partial charge in [0, 0.05) is 56.5 Å². The second-order valence-corrected chi connectivity index (χ2v) is 10.1. The van der Waals surface area contributed by atoms with E-state index in [1.54, 1.807) is 11.3 Å². The number of fused-ring (bicyclic) bond motifs is 1. The number of piperazine rings is 1. The van der Waals surface area contributed by atoms with Crippen molar-refractivity contribution in [3.8, 4) is 0 Å². The van der Waals surface area contributed by atoms with Gasteiger partial charge in [0.2, 0.25) is 5.91 Å². The van der Waals surface area contributed by atoms with Crippen LogP contribution < -0.4 is 5.56 Å². The number of aromatic nitrogens is 2. The molecule has 1 aliphatic carbocycles. The normalized spacial score (nSPS) is 17.4. The number of hydrogen-bond acceptors (Lipinski definition) is 5. The zero-order valence-electron chi connectivity index (χ0n) is 17.3. The fraction of sp³-hybridized carbons (Fsp3) is 0.435. The third-order valence-electron chi connectivity index (χ3n) is 6.09. The molecule has 0 spiro atoms. The van der Waals surface area contributed by atoms with Crippen LogP contribution in [0.25, 0.3) is 10.9 Å². The van der Waals surface area contributed by atoms with Crippen LogP contribution in [-0.4, -0.2) is 51.4 Å². The molecule has 0 N–H and O–H groups in total. The van der Waals surface area contributed by atoms with Crippen molar-refractivity contribution in [2.75, 3.05) is 26.2 Å². The standard InChI is InChI=1S/C23H25ClN4O2S/c24-20-8-7-17(31-20)15-26-11-13-27(14-12-26)22(29)10-9-21-25-19-4-2-1-3-18(19)23(30)28(21)16-5-6-16/h1-4,7-8,16H,5-6,9-15H2. The van der Waals surface area contributed by atoms with Crippen LogP contribution in [0.4, 0.5) is 0 Å². The number of thiophene rings is 1. The average molecular weight is 457 g/mol. The largest absolute Gasteiger partial charge is 0.340 e. The van der Waals surface area contributed by atoms with Gasteiger partial charge >= 0.3 is 0 Å². The Balaban J connectivity index is 1.22. The predicted molar refractivity (Wildman–Crippen MR) is 124 cm³/mol. The first kappa shape index (κ1) is 20.7. The third kappa shape index (κ3) is 4.54. The minimum Gasteiger partial charge on any atom is -0.340 e. The monoisotopic (exact) mass is 456 g/mol. The topological polar surface area (TPSA) is 58.4 Å². The van der Waals surface area contributed by atoms with Crippen LogP contribution in [-0.2, 0) is 17.8 Å².